The molecule has 0 aliphatic rings. The van der Waals surface area contributed by atoms with E-state index < -0.39 is 0 Å². The largest absolute Gasteiger partial charge is 0.299 e. The van der Waals surface area contributed by atoms with E-state index in [9.17, 15) is 4.79 Å². The number of carbonyl (C=O) groups is 1. The van der Waals surface area contributed by atoms with E-state index in [1.165, 1.54) is 6.42 Å². The van der Waals surface area contributed by atoms with E-state index in [0.29, 0.717) is 0 Å². The zero-order valence-electron chi connectivity index (χ0n) is 4.77. The third kappa shape index (κ3) is 2.38. The molecule has 40 valence electrons. The Bertz CT molecular complexity index is 64.6. The molecule has 1 unspecified atom stereocenters. The third-order valence-electron chi connectivity index (χ3n) is 0.770. The molecule has 2 radical (unpaired) electrons. The molecule has 0 aromatic carbocycles. The first-order valence-corrected chi connectivity index (χ1v) is 2.34. The van der Waals surface area contributed by atoms with E-state index in [1.54, 1.807) is 13.8 Å². The quantitative estimate of drug-likeness (QED) is 0.508. The van der Waals surface area contributed by atoms with Crippen molar-refractivity contribution in [1.82, 2.24) is 0 Å². The minimum absolute atomic E-state index is 0.0787. The second kappa shape index (κ2) is 2.78. The van der Waals surface area contributed by atoms with Gasteiger partial charge in [-0.15, -0.1) is 0 Å². The fraction of sp³-hybridized carbons (Fsp3) is 0.500. The molecule has 0 aliphatic carbocycles. The first-order valence-electron chi connectivity index (χ1n) is 2.34. The minimum atomic E-state index is -0.0787. The van der Waals surface area contributed by atoms with Gasteiger partial charge in [0, 0.05) is 12.3 Å². The Balaban J connectivity index is 3.35. The van der Waals surface area contributed by atoms with Crippen LogP contribution in [0.3, 0.4) is 0 Å². The average molecular weight is 98.1 g/mol. The molecular weight excluding hydrogens is 88.1 g/mol. The van der Waals surface area contributed by atoms with Gasteiger partial charge >= 0.3 is 0 Å². The average Bonchev–Trinajstić information content (AvgIpc) is 1.65. The molecule has 0 amide bonds. The lowest BCUT2D eigenvalue weighted by atomic mass is 10.1. The van der Waals surface area contributed by atoms with Crippen molar-refractivity contribution in [2.45, 2.75) is 13.8 Å². The van der Waals surface area contributed by atoms with Crippen LogP contribution in [0.15, 0.2) is 0 Å². The van der Waals surface area contributed by atoms with Crippen molar-refractivity contribution in [2.75, 3.05) is 0 Å². The van der Waals surface area contributed by atoms with Gasteiger partial charge in [0.05, 0.1) is 0 Å². The first kappa shape index (κ1) is 6.67. The van der Waals surface area contributed by atoms with Gasteiger partial charge in [0.1, 0.15) is 5.78 Å². The maximum Gasteiger partial charge on any atom is 0.139 e. The lowest BCUT2D eigenvalue weighted by molar-refractivity contribution is -0.117. The van der Waals surface area contributed by atoms with E-state index in [0.717, 1.165) is 0 Å². The zero-order valence-corrected chi connectivity index (χ0v) is 4.77. The predicted octanol–water partition coefficient (Wildman–Crippen LogP) is 1.25. The summed E-state index contributed by atoms with van der Waals surface area (Å²) in [7, 11) is 0. The molecule has 0 aromatic heterocycles. The molecule has 0 saturated heterocycles. The maximum atomic E-state index is 10.4. The van der Waals surface area contributed by atoms with Crippen molar-refractivity contribution < 1.29 is 4.79 Å². The lowest BCUT2D eigenvalue weighted by Gasteiger charge is -1.95. The zero-order chi connectivity index (χ0) is 5.86. The fourth-order valence-electron chi connectivity index (χ4n) is 0.285. The van der Waals surface area contributed by atoms with Crippen molar-refractivity contribution in [2.24, 2.45) is 5.92 Å². The van der Waals surface area contributed by atoms with E-state index in [4.69, 9.17) is 0 Å². The molecule has 0 aliphatic heterocycles. The molecule has 0 spiro atoms. The Morgan fingerprint density at radius 1 is 1.86 bits per heavy atom. The van der Waals surface area contributed by atoms with Gasteiger partial charge in [0.15, 0.2) is 0 Å². The van der Waals surface area contributed by atoms with Gasteiger partial charge in [-0.2, -0.15) is 0 Å². The number of hydrogen-bond acceptors (Lipinski definition) is 1. The van der Waals surface area contributed by atoms with Crippen LogP contribution >= 0.6 is 0 Å². The molecule has 1 atom stereocenters. The Morgan fingerprint density at radius 3 is 2.29 bits per heavy atom. The Kier molecular flexibility index (Phi) is 2.65. The summed E-state index contributed by atoms with van der Waals surface area (Å²) in [6.45, 7) is 7.03. The summed E-state index contributed by atoms with van der Waals surface area (Å²) >= 11 is 0. The normalized spacial score (nSPS) is 9.71. The van der Waals surface area contributed by atoms with Gasteiger partial charge in [0.25, 0.3) is 0 Å². The molecular formula is C6H10O. The van der Waals surface area contributed by atoms with Crippen LogP contribution in [0.5, 0.6) is 0 Å². The van der Waals surface area contributed by atoms with Gasteiger partial charge in [-0.3, -0.25) is 4.79 Å². The van der Waals surface area contributed by atoms with Gasteiger partial charge in [-0.1, -0.05) is 13.8 Å². The van der Waals surface area contributed by atoms with Crippen molar-refractivity contribution >= 4 is 5.78 Å². The summed E-state index contributed by atoms with van der Waals surface area (Å²) in [5.74, 6) is 0.0324. The highest BCUT2D eigenvalue weighted by Crippen LogP contribution is 1.94. The van der Waals surface area contributed by atoms with Crippen LogP contribution in [-0.4, -0.2) is 5.78 Å². The lowest BCUT2D eigenvalue weighted by Crippen LogP contribution is -2.04. The summed E-state index contributed by atoms with van der Waals surface area (Å²) in [6, 6.07) is 0. The third-order valence-corrected chi connectivity index (χ3v) is 0.770. The van der Waals surface area contributed by atoms with E-state index in [2.05, 4.69) is 6.92 Å². The minimum Gasteiger partial charge on any atom is -0.299 e. The summed E-state index contributed by atoms with van der Waals surface area (Å²) in [4.78, 5) is 10.4. The smallest absolute Gasteiger partial charge is 0.139 e. The molecule has 0 fully saturated rings. The van der Waals surface area contributed by atoms with Crippen LogP contribution in [-0.2, 0) is 4.79 Å². The number of rotatable bonds is 2. The van der Waals surface area contributed by atoms with Crippen LogP contribution < -0.4 is 0 Å². The second-order valence-electron chi connectivity index (χ2n) is 1.59. The Hall–Kier alpha value is -0.330. The van der Waals surface area contributed by atoms with Crippen LogP contribution in [0.2, 0.25) is 0 Å². The first-order chi connectivity index (χ1) is 3.18. The van der Waals surface area contributed by atoms with Crippen molar-refractivity contribution in [3.05, 3.63) is 13.3 Å². The highest BCUT2D eigenvalue weighted by molar-refractivity contribution is 5.88. The topological polar surface area (TPSA) is 17.1 Å². The molecule has 0 bridgehead atoms. The highest BCUT2D eigenvalue weighted by atomic mass is 16.1. The maximum absolute atomic E-state index is 10.4. The molecule has 0 saturated carbocycles. The summed E-state index contributed by atoms with van der Waals surface area (Å²) < 4.78 is 0. The molecule has 1 heteroatoms. The van der Waals surface area contributed by atoms with E-state index in [-0.39, 0.29) is 11.7 Å². The Morgan fingerprint density at radius 2 is 2.29 bits per heavy atom. The van der Waals surface area contributed by atoms with Crippen LogP contribution in [0, 0.1) is 19.3 Å². The molecule has 1 nitrogen and oxygen atoms in total. The number of hydrogen-bond donors (Lipinski definition) is 0. The van der Waals surface area contributed by atoms with Crippen molar-refractivity contribution in [3.8, 4) is 0 Å². The van der Waals surface area contributed by atoms with E-state index >= 15 is 0 Å². The second-order valence-corrected chi connectivity index (χ2v) is 1.59. The Labute approximate surface area is 44.7 Å². The SMILES string of the molecule is [CH2]C(C)C(=O)[CH]C. The standard InChI is InChI=1S/C6H10O/c1-4-6(7)5(2)3/h4-5H,2H2,1,3H3. The molecule has 0 rings (SSSR count). The van der Waals surface area contributed by atoms with Crippen LogP contribution in [0.1, 0.15) is 13.8 Å². The molecule has 0 aromatic rings. The molecule has 7 heavy (non-hydrogen) atoms. The fourth-order valence-corrected chi connectivity index (χ4v) is 0.285. The predicted molar refractivity (Wildman–Crippen MR) is 29.5 cm³/mol. The van der Waals surface area contributed by atoms with Crippen molar-refractivity contribution in [1.29, 1.82) is 0 Å². The van der Waals surface area contributed by atoms with Gasteiger partial charge in [-0.05, 0) is 6.92 Å². The summed E-state index contributed by atoms with van der Waals surface area (Å²) in [6.07, 6.45) is 1.54. The summed E-state index contributed by atoms with van der Waals surface area (Å²) in [5, 5.41) is 0. The molecule has 0 heterocycles. The number of carbonyl (C=O) groups excluding carboxylic acids is 1. The monoisotopic (exact) mass is 98.1 g/mol. The van der Waals surface area contributed by atoms with Crippen molar-refractivity contribution in [3.63, 3.8) is 0 Å². The van der Waals surface area contributed by atoms with Crippen LogP contribution in [0.4, 0.5) is 0 Å². The number of Topliss-reactive ketones (excluding diaryl/α,β-unsaturated/α-hetero) is 1. The summed E-state index contributed by atoms with van der Waals surface area (Å²) in [5.41, 5.74) is 0. The van der Waals surface area contributed by atoms with Gasteiger partial charge in [-0.25, -0.2) is 0 Å². The van der Waals surface area contributed by atoms with Gasteiger partial charge < -0.3 is 0 Å². The number of ketones is 1. The van der Waals surface area contributed by atoms with Crippen LogP contribution in [0.25, 0.3) is 0 Å². The molecule has 0 N–H and O–H groups in total. The van der Waals surface area contributed by atoms with E-state index in [1.807, 2.05) is 0 Å². The highest BCUT2D eigenvalue weighted by Gasteiger charge is 2.01. The van der Waals surface area contributed by atoms with Gasteiger partial charge in [0.2, 0.25) is 0 Å².